The second-order valence-electron chi connectivity index (χ2n) is 1.46. The highest BCUT2D eigenvalue weighted by molar-refractivity contribution is 8.01. The lowest BCUT2D eigenvalue weighted by Gasteiger charge is -2.28. The Kier molecular flexibility index (Phi) is 1.04. The molecule has 0 aromatic carbocycles. The molecular formula is C3H8N2S. The van der Waals surface area contributed by atoms with E-state index in [0.29, 0.717) is 0 Å². The van der Waals surface area contributed by atoms with Crippen molar-refractivity contribution in [3.63, 3.8) is 0 Å². The summed E-state index contributed by atoms with van der Waals surface area (Å²) in [4.78, 5) is 0. The standard InChI is InChI=1S/C3H8N2S/c4-2-1-6-3(2)5/h2-3H,1,4-5H2. The van der Waals surface area contributed by atoms with E-state index in [4.69, 9.17) is 11.5 Å². The van der Waals surface area contributed by atoms with Gasteiger partial charge in [-0.2, -0.15) is 0 Å². The van der Waals surface area contributed by atoms with Crippen LogP contribution in [0.25, 0.3) is 0 Å². The number of hydrogen-bond donors (Lipinski definition) is 2. The Balaban J connectivity index is 2.20. The number of nitrogens with two attached hydrogens (primary N) is 2. The van der Waals surface area contributed by atoms with Crippen LogP contribution < -0.4 is 11.5 Å². The molecule has 1 aliphatic heterocycles. The fourth-order valence-corrected chi connectivity index (χ4v) is 0.955. The Bertz CT molecular complexity index is 48.8. The summed E-state index contributed by atoms with van der Waals surface area (Å²) < 4.78 is 0. The first-order chi connectivity index (χ1) is 2.80. The summed E-state index contributed by atoms with van der Waals surface area (Å²) in [5.41, 5.74) is 10.7. The molecule has 0 aromatic rings. The average Bonchev–Trinajstić information content (AvgIpc) is 1.61. The van der Waals surface area contributed by atoms with Crippen molar-refractivity contribution in [1.29, 1.82) is 0 Å². The minimum atomic E-state index is 0.227. The van der Waals surface area contributed by atoms with Gasteiger partial charge in [-0.15, -0.1) is 11.8 Å². The van der Waals surface area contributed by atoms with Crippen molar-refractivity contribution in [2.45, 2.75) is 11.4 Å². The van der Waals surface area contributed by atoms with Crippen molar-refractivity contribution >= 4 is 11.8 Å². The largest absolute Gasteiger partial charge is 0.325 e. The Morgan fingerprint density at radius 2 is 2.00 bits per heavy atom. The van der Waals surface area contributed by atoms with Crippen molar-refractivity contribution < 1.29 is 0 Å². The smallest absolute Gasteiger partial charge is 0.0669 e. The van der Waals surface area contributed by atoms with Crippen molar-refractivity contribution in [2.24, 2.45) is 11.5 Å². The normalized spacial score (nSPS) is 45.0. The van der Waals surface area contributed by atoms with Gasteiger partial charge in [0, 0.05) is 11.8 Å². The Morgan fingerprint density at radius 1 is 1.50 bits per heavy atom. The highest BCUT2D eigenvalue weighted by Crippen LogP contribution is 2.20. The molecule has 1 fully saturated rings. The van der Waals surface area contributed by atoms with Gasteiger partial charge in [0.25, 0.3) is 0 Å². The van der Waals surface area contributed by atoms with Crippen molar-refractivity contribution in [3.8, 4) is 0 Å². The molecule has 4 N–H and O–H groups in total. The minimum absolute atomic E-state index is 0.227. The van der Waals surface area contributed by atoms with E-state index in [1.165, 1.54) is 0 Å². The Morgan fingerprint density at radius 3 is 2.00 bits per heavy atom. The van der Waals surface area contributed by atoms with Crippen molar-refractivity contribution in [1.82, 2.24) is 0 Å². The molecule has 3 heteroatoms. The third-order valence-electron chi connectivity index (χ3n) is 0.903. The quantitative estimate of drug-likeness (QED) is 0.429. The van der Waals surface area contributed by atoms with Crippen LogP contribution in [0.2, 0.25) is 0 Å². The number of thioether (sulfide) groups is 1. The van der Waals surface area contributed by atoms with Gasteiger partial charge in [-0.1, -0.05) is 0 Å². The van der Waals surface area contributed by atoms with E-state index >= 15 is 0 Å². The Hall–Kier alpha value is 0.270. The molecule has 0 aliphatic carbocycles. The van der Waals surface area contributed by atoms with E-state index in [0.717, 1.165) is 5.75 Å². The molecule has 0 radical (unpaired) electrons. The van der Waals surface area contributed by atoms with Crippen LogP contribution in [0, 0.1) is 0 Å². The summed E-state index contributed by atoms with van der Waals surface area (Å²) in [7, 11) is 0. The van der Waals surface area contributed by atoms with Crippen LogP contribution in [0.4, 0.5) is 0 Å². The van der Waals surface area contributed by atoms with Crippen LogP contribution in [-0.4, -0.2) is 17.2 Å². The second-order valence-corrected chi connectivity index (χ2v) is 2.67. The van der Waals surface area contributed by atoms with Gasteiger partial charge in [0.2, 0.25) is 0 Å². The highest BCUT2D eigenvalue weighted by atomic mass is 32.2. The van der Waals surface area contributed by atoms with Gasteiger partial charge in [0.05, 0.1) is 5.37 Å². The third-order valence-corrected chi connectivity index (χ3v) is 2.21. The summed E-state index contributed by atoms with van der Waals surface area (Å²) >= 11 is 1.72. The van der Waals surface area contributed by atoms with Crippen LogP contribution in [0.15, 0.2) is 0 Å². The van der Waals surface area contributed by atoms with Gasteiger partial charge >= 0.3 is 0 Å². The Labute approximate surface area is 41.3 Å². The van der Waals surface area contributed by atoms with Crippen molar-refractivity contribution in [3.05, 3.63) is 0 Å². The first kappa shape index (κ1) is 4.43. The van der Waals surface area contributed by atoms with Gasteiger partial charge in [-0.3, -0.25) is 0 Å². The molecule has 0 saturated carbocycles. The molecular weight excluding hydrogens is 96.1 g/mol. The lowest BCUT2D eigenvalue weighted by Crippen LogP contribution is -2.49. The molecule has 1 aliphatic rings. The van der Waals surface area contributed by atoms with Gasteiger partial charge in [0.1, 0.15) is 0 Å². The molecule has 36 valence electrons. The van der Waals surface area contributed by atoms with E-state index in [9.17, 15) is 0 Å². The van der Waals surface area contributed by atoms with Crippen molar-refractivity contribution in [2.75, 3.05) is 5.75 Å². The maximum absolute atomic E-state index is 5.38. The minimum Gasteiger partial charge on any atom is -0.325 e. The molecule has 0 amide bonds. The van der Waals surface area contributed by atoms with Crippen LogP contribution in [0.1, 0.15) is 0 Å². The fourth-order valence-electron chi connectivity index (χ4n) is 0.318. The zero-order chi connectivity index (χ0) is 4.57. The van der Waals surface area contributed by atoms with E-state index in [1.54, 1.807) is 11.8 Å². The first-order valence-corrected chi connectivity index (χ1v) is 2.98. The zero-order valence-corrected chi connectivity index (χ0v) is 4.24. The van der Waals surface area contributed by atoms with Crippen LogP contribution >= 0.6 is 11.8 Å². The molecule has 1 rings (SSSR count). The maximum Gasteiger partial charge on any atom is 0.0669 e. The molecule has 6 heavy (non-hydrogen) atoms. The highest BCUT2D eigenvalue weighted by Gasteiger charge is 2.23. The predicted molar refractivity (Wildman–Crippen MR) is 28.4 cm³/mol. The van der Waals surface area contributed by atoms with E-state index in [2.05, 4.69) is 0 Å². The molecule has 2 unspecified atom stereocenters. The lowest BCUT2D eigenvalue weighted by molar-refractivity contribution is 0.676. The zero-order valence-electron chi connectivity index (χ0n) is 3.42. The second kappa shape index (κ2) is 1.40. The molecule has 2 nitrogen and oxygen atoms in total. The summed E-state index contributed by atoms with van der Waals surface area (Å²) in [5, 5.41) is 0.227. The third kappa shape index (κ3) is 0.531. The molecule has 0 bridgehead atoms. The molecule has 0 aromatic heterocycles. The molecule has 1 heterocycles. The van der Waals surface area contributed by atoms with E-state index in [1.807, 2.05) is 0 Å². The van der Waals surface area contributed by atoms with E-state index in [-0.39, 0.29) is 11.4 Å². The average molecular weight is 104 g/mol. The molecule has 0 spiro atoms. The predicted octanol–water partition coefficient (Wildman–Crippen LogP) is -0.655. The summed E-state index contributed by atoms with van der Waals surface area (Å²) in [6.45, 7) is 0. The lowest BCUT2D eigenvalue weighted by atomic mass is 10.3. The molecule has 2 atom stereocenters. The maximum atomic E-state index is 5.38. The topological polar surface area (TPSA) is 52.0 Å². The number of hydrogen-bond acceptors (Lipinski definition) is 3. The summed E-state index contributed by atoms with van der Waals surface area (Å²) in [6.07, 6.45) is 0. The monoisotopic (exact) mass is 104 g/mol. The van der Waals surface area contributed by atoms with Crippen LogP contribution in [0.3, 0.4) is 0 Å². The first-order valence-electron chi connectivity index (χ1n) is 1.93. The van der Waals surface area contributed by atoms with Gasteiger partial charge in [0.15, 0.2) is 0 Å². The van der Waals surface area contributed by atoms with Gasteiger partial charge in [-0.05, 0) is 0 Å². The van der Waals surface area contributed by atoms with E-state index < -0.39 is 0 Å². The van der Waals surface area contributed by atoms with Gasteiger partial charge < -0.3 is 11.5 Å². The van der Waals surface area contributed by atoms with Gasteiger partial charge in [-0.25, -0.2) is 0 Å². The van der Waals surface area contributed by atoms with Crippen LogP contribution in [-0.2, 0) is 0 Å². The number of rotatable bonds is 0. The molecule has 1 saturated heterocycles. The fraction of sp³-hybridized carbons (Fsp3) is 1.00. The SMILES string of the molecule is NC1CSC1N. The summed E-state index contributed by atoms with van der Waals surface area (Å²) in [5.74, 6) is 1.04. The summed E-state index contributed by atoms with van der Waals surface area (Å²) in [6, 6.07) is 0.273. The van der Waals surface area contributed by atoms with Crippen LogP contribution in [0.5, 0.6) is 0 Å².